The van der Waals surface area contributed by atoms with Crippen LogP contribution < -0.4 is 0 Å². The molecule has 0 aromatic heterocycles. The zero-order valence-corrected chi connectivity index (χ0v) is 10.6. The zero-order valence-electron chi connectivity index (χ0n) is 10.6. The number of hydrogen-bond donors (Lipinski definition) is 1. The minimum absolute atomic E-state index is 0.139. The van der Waals surface area contributed by atoms with Crippen molar-refractivity contribution in [3.8, 4) is 0 Å². The van der Waals surface area contributed by atoms with Crippen LogP contribution in [-0.4, -0.2) is 29.6 Å². The van der Waals surface area contributed by atoms with E-state index in [9.17, 15) is 4.79 Å². The molecule has 0 radical (unpaired) electrons. The second-order valence-corrected chi connectivity index (χ2v) is 4.42. The summed E-state index contributed by atoms with van der Waals surface area (Å²) < 4.78 is 0. The number of carbonyl (C=O) groups excluding carboxylic acids is 1. The Labute approximate surface area is 103 Å². The van der Waals surface area contributed by atoms with Crippen LogP contribution >= 0.6 is 0 Å². The third-order valence-corrected chi connectivity index (χ3v) is 2.73. The summed E-state index contributed by atoms with van der Waals surface area (Å²) in [7, 11) is 1.82. The van der Waals surface area contributed by atoms with Gasteiger partial charge in [-0.3, -0.25) is 4.79 Å². The first-order chi connectivity index (χ1) is 8.13. The van der Waals surface area contributed by atoms with Crippen LogP contribution in [0.15, 0.2) is 24.3 Å². The van der Waals surface area contributed by atoms with E-state index in [1.807, 2.05) is 32.2 Å². The van der Waals surface area contributed by atoms with Crippen molar-refractivity contribution in [3.05, 3.63) is 35.4 Å². The molecule has 0 unspecified atom stereocenters. The first kappa shape index (κ1) is 13.7. The van der Waals surface area contributed by atoms with E-state index >= 15 is 0 Å². The molecule has 1 rings (SSSR count). The van der Waals surface area contributed by atoms with Crippen LogP contribution in [0.5, 0.6) is 0 Å². The summed E-state index contributed by atoms with van der Waals surface area (Å²) in [5, 5.41) is 8.66. The minimum Gasteiger partial charge on any atom is -0.396 e. The molecule has 1 amide bonds. The molecule has 0 fully saturated rings. The van der Waals surface area contributed by atoms with E-state index in [-0.39, 0.29) is 12.5 Å². The fourth-order valence-electron chi connectivity index (χ4n) is 1.75. The van der Waals surface area contributed by atoms with Crippen LogP contribution in [0.4, 0.5) is 0 Å². The first-order valence-corrected chi connectivity index (χ1v) is 6.04. The molecule has 0 saturated carbocycles. The van der Waals surface area contributed by atoms with Gasteiger partial charge in [0.2, 0.25) is 5.91 Å². The van der Waals surface area contributed by atoms with Crippen LogP contribution in [0, 0.1) is 6.92 Å². The molecule has 0 bridgehead atoms. The molecule has 3 heteroatoms. The molecule has 0 heterocycles. The largest absolute Gasteiger partial charge is 0.396 e. The number of unbranched alkanes of at least 4 members (excludes halogenated alkanes) is 1. The quantitative estimate of drug-likeness (QED) is 0.767. The zero-order chi connectivity index (χ0) is 12.7. The molecule has 17 heavy (non-hydrogen) atoms. The number of aryl methyl sites for hydroxylation is 1. The highest BCUT2D eigenvalue weighted by Crippen LogP contribution is 2.08. The fraction of sp³-hybridized carbons (Fsp3) is 0.500. The molecule has 94 valence electrons. The summed E-state index contributed by atoms with van der Waals surface area (Å²) in [6.45, 7) is 2.86. The number of benzene rings is 1. The molecule has 0 aliphatic carbocycles. The fourth-order valence-corrected chi connectivity index (χ4v) is 1.75. The van der Waals surface area contributed by atoms with Gasteiger partial charge in [0.05, 0.1) is 0 Å². The van der Waals surface area contributed by atoms with Crippen molar-refractivity contribution in [2.24, 2.45) is 0 Å². The highest BCUT2D eigenvalue weighted by atomic mass is 16.3. The van der Waals surface area contributed by atoms with Crippen molar-refractivity contribution in [1.29, 1.82) is 0 Å². The van der Waals surface area contributed by atoms with E-state index in [0.29, 0.717) is 19.4 Å². The average molecular weight is 235 g/mol. The molecular weight excluding hydrogens is 214 g/mol. The van der Waals surface area contributed by atoms with E-state index in [4.69, 9.17) is 5.11 Å². The molecule has 0 aliphatic heterocycles. The van der Waals surface area contributed by atoms with E-state index in [2.05, 4.69) is 6.07 Å². The van der Waals surface area contributed by atoms with Gasteiger partial charge in [0.15, 0.2) is 0 Å². The molecule has 0 aliphatic rings. The number of aliphatic hydroxyl groups is 1. The van der Waals surface area contributed by atoms with Gasteiger partial charge in [-0.15, -0.1) is 0 Å². The number of nitrogens with zero attached hydrogens (tertiary/aromatic N) is 1. The lowest BCUT2D eigenvalue weighted by Gasteiger charge is -2.17. The van der Waals surface area contributed by atoms with Crippen molar-refractivity contribution < 1.29 is 9.90 Å². The summed E-state index contributed by atoms with van der Waals surface area (Å²) in [6, 6.07) is 8.18. The Morgan fingerprint density at radius 3 is 2.76 bits per heavy atom. The van der Waals surface area contributed by atoms with E-state index < -0.39 is 0 Å². The van der Waals surface area contributed by atoms with Crippen molar-refractivity contribution in [3.63, 3.8) is 0 Å². The Morgan fingerprint density at radius 2 is 2.12 bits per heavy atom. The predicted molar refractivity (Wildman–Crippen MR) is 68.6 cm³/mol. The first-order valence-electron chi connectivity index (χ1n) is 6.04. The SMILES string of the molecule is Cc1cccc(CN(C)C(=O)CCCCO)c1. The van der Waals surface area contributed by atoms with Gasteiger partial charge in [-0.2, -0.15) is 0 Å². The van der Waals surface area contributed by atoms with Gasteiger partial charge in [0, 0.05) is 26.6 Å². The highest BCUT2D eigenvalue weighted by molar-refractivity contribution is 5.75. The summed E-state index contributed by atoms with van der Waals surface area (Å²) in [4.78, 5) is 13.5. The normalized spacial score (nSPS) is 10.3. The van der Waals surface area contributed by atoms with Gasteiger partial charge < -0.3 is 10.0 Å². The number of hydrogen-bond acceptors (Lipinski definition) is 2. The lowest BCUT2D eigenvalue weighted by atomic mass is 10.1. The Kier molecular flexibility index (Phi) is 5.70. The topological polar surface area (TPSA) is 40.5 Å². The Balaban J connectivity index is 2.43. The van der Waals surface area contributed by atoms with Gasteiger partial charge in [0.1, 0.15) is 0 Å². The Morgan fingerprint density at radius 1 is 1.35 bits per heavy atom. The van der Waals surface area contributed by atoms with E-state index in [1.165, 1.54) is 5.56 Å². The maximum atomic E-state index is 11.8. The van der Waals surface area contributed by atoms with Gasteiger partial charge in [0.25, 0.3) is 0 Å². The molecular formula is C14H21NO2. The molecule has 0 saturated heterocycles. The third kappa shape index (κ3) is 5.00. The maximum Gasteiger partial charge on any atom is 0.222 e. The van der Waals surface area contributed by atoms with Crippen LogP contribution in [0.1, 0.15) is 30.4 Å². The molecule has 1 aromatic carbocycles. The second kappa shape index (κ2) is 7.07. The summed E-state index contributed by atoms with van der Waals surface area (Å²) >= 11 is 0. The van der Waals surface area contributed by atoms with Gasteiger partial charge in [-0.05, 0) is 25.3 Å². The molecule has 3 nitrogen and oxygen atoms in total. The standard InChI is InChI=1S/C14H21NO2/c1-12-6-5-7-13(10-12)11-15(2)14(17)8-3-4-9-16/h5-7,10,16H,3-4,8-9,11H2,1-2H3. The Hall–Kier alpha value is -1.35. The van der Waals surface area contributed by atoms with Crippen LogP contribution in [0.3, 0.4) is 0 Å². The lowest BCUT2D eigenvalue weighted by Crippen LogP contribution is -2.25. The predicted octanol–water partition coefficient (Wildman–Crippen LogP) is 2.12. The number of rotatable bonds is 6. The van der Waals surface area contributed by atoms with Crippen molar-refractivity contribution in [1.82, 2.24) is 4.90 Å². The van der Waals surface area contributed by atoms with Crippen molar-refractivity contribution in [2.45, 2.75) is 32.7 Å². The van der Waals surface area contributed by atoms with Crippen molar-refractivity contribution in [2.75, 3.05) is 13.7 Å². The van der Waals surface area contributed by atoms with E-state index in [0.717, 1.165) is 12.0 Å². The number of amides is 1. The van der Waals surface area contributed by atoms with Crippen LogP contribution in [-0.2, 0) is 11.3 Å². The third-order valence-electron chi connectivity index (χ3n) is 2.73. The molecule has 1 aromatic rings. The van der Waals surface area contributed by atoms with Crippen molar-refractivity contribution >= 4 is 5.91 Å². The van der Waals surface area contributed by atoms with Crippen LogP contribution in [0.2, 0.25) is 0 Å². The summed E-state index contributed by atoms with van der Waals surface area (Å²) in [6.07, 6.45) is 1.97. The highest BCUT2D eigenvalue weighted by Gasteiger charge is 2.08. The minimum atomic E-state index is 0.139. The maximum absolute atomic E-state index is 11.8. The summed E-state index contributed by atoms with van der Waals surface area (Å²) in [5.74, 6) is 0.139. The molecule has 0 spiro atoms. The molecule has 1 N–H and O–H groups in total. The van der Waals surface area contributed by atoms with E-state index in [1.54, 1.807) is 4.90 Å². The van der Waals surface area contributed by atoms with Gasteiger partial charge in [-0.1, -0.05) is 29.8 Å². The second-order valence-electron chi connectivity index (χ2n) is 4.42. The average Bonchev–Trinajstić information content (AvgIpc) is 2.29. The lowest BCUT2D eigenvalue weighted by molar-refractivity contribution is -0.130. The Bertz CT molecular complexity index is 363. The van der Waals surface area contributed by atoms with Gasteiger partial charge in [-0.25, -0.2) is 0 Å². The van der Waals surface area contributed by atoms with Gasteiger partial charge >= 0.3 is 0 Å². The number of carbonyl (C=O) groups is 1. The molecule has 0 atom stereocenters. The summed E-state index contributed by atoms with van der Waals surface area (Å²) in [5.41, 5.74) is 2.37. The van der Waals surface area contributed by atoms with Crippen LogP contribution in [0.25, 0.3) is 0 Å². The number of aliphatic hydroxyl groups excluding tert-OH is 1. The smallest absolute Gasteiger partial charge is 0.222 e. The monoisotopic (exact) mass is 235 g/mol.